The summed E-state index contributed by atoms with van der Waals surface area (Å²) in [5, 5.41) is 3.40. The molecule has 0 radical (unpaired) electrons. The average molecular weight is 263 g/mol. The number of nitrogens with two attached hydrogens (primary N) is 1. The Labute approximate surface area is 115 Å². The number of likely N-dealkylation sites (tertiary alicyclic amines) is 1. The van der Waals surface area contributed by atoms with Crippen LogP contribution in [0.15, 0.2) is 0 Å². The van der Waals surface area contributed by atoms with Crippen molar-refractivity contribution in [3.8, 4) is 0 Å². The van der Waals surface area contributed by atoms with E-state index in [1.165, 1.54) is 38.5 Å². The van der Waals surface area contributed by atoms with E-state index in [1.54, 1.807) is 0 Å². The van der Waals surface area contributed by atoms with Gasteiger partial charge >= 0.3 is 6.03 Å². The Kier molecular flexibility index (Phi) is 2.31. The molecular formula is C15H25N3O. The molecule has 4 aliphatic carbocycles. The lowest BCUT2D eigenvalue weighted by atomic mass is 9.53. The summed E-state index contributed by atoms with van der Waals surface area (Å²) >= 11 is 0. The summed E-state index contributed by atoms with van der Waals surface area (Å²) < 4.78 is 0. The Balaban J connectivity index is 1.44. The highest BCUT2D eigenvalue weighted by atomic mass is 16.2. The lowest BCUT2D eigenvalue weighted by Crippen LogP contribution is -2.71. The fourth-order valence-corrected chi connectivity index (χ4v) is 5.54. The number of carbonyl (C=O) groups excluding carboxylic acids is 1. The Hall–Kier alpha value is -0.770. The molecule has 1 saturated heterocycles. The summed E-state index contributed by atoms with van der Waals surface area (Å²) in [5.74, 6) is 2.63. The highest BCUT2D eigenvalue weighted by molar-refractivity contribution is 5.76. The van der Waals surface area contributed by atoms with Crippen molar-refractivity contribution in [1.82, 2.24) is 10.2 Å². The van der Waals surface area contributed by atoms with Crippen molar-refractivity contribution in [1.29, 1.82) is 0 Å². The molecule has 4 saturated carbocycles. The van der Waals surface area contributed by atoms with Crippen LogP contribution in [0.4, 0.5) is 4.79 Å². The summed E-state index contributed by atoms with van der Waals surface area (Å²) in [5.41, 5.74) is 5.95. The molecule has 4 bridgehead atoms. The molecule has 106 valence electrons. The maximum Gasteiger partial charge on any atom is 0.317 e. The van der Waals surface area contributed by atoms with Crippen LogP contribution in [0.5, 0.6) is 0 Å². The van der Waals surface area contributed by atoms with E-state index < -0.39 is 0 Å². The molecule has 0 spiro atoms. The third-order valence-corrected chi connectivity index (χ3v) is 5.80. The zero-order valence-electron chi connectivity index (χ0n) is 11.8. The molecule has 3 N–H and O–H groups in total. The van der Waals surface area contributed by atoms with Gasteiger partial charge in [0, 0.05) is 24.2 Å². The maximum absolute atomic E-state index is 12.4. The second kappa shape index (κ2) is 3.66. The number of urea groups is 1. The van der Waals surface area contributed by atoms with Gasteiger partial charge in [0.15, 0.2) is 0 Å². The van der Waals surface area contributed by atoms with Crippen molar-refractivity contribution < 1.29 is 4.79 Å². The highest BCUT2D eigenvalue weighted by Gasteiger charge is 2.52. The second-order valence-electron chi connectivity index (χ2n) is 8.14. The monoisotopic (exact) mass is 263 g/mol. The zero-order valence-corrected chi connectivity index (χ0v) is 11.8. The molecule has 5 rings (SSSR count). The van der Waals surface area contributed by atoms with Crippen LogP contribution in [0.3, 0.4) is 0 Å². The third-order valence-electron chi connectivity index (χ3n) is 5.80. The number of hydrogen-bond acceptors (Lipinski definition) is 2. The average Bonchev–Trinajstić information content (AvgIpc) is 2.22. The normalized spacial score (nSPS) is 46.0. The van der Waals surface area contributed by atoms with Crippen molar-refractivity contribution in [3.05, 3.63) is 0 Å². The van der Waals surface area contributed by atoms with Crippen molar-refractivity contribution in [2.24, 2.45) is 23.5 Å². The van der Waals surface area contributed by atoms with Gasteiger partial charge in [0.25, 0.3) is 0 Å². The van der Waals surface area contributed by atoms with Crippen LogP contribution in [-0.4, -0.2) is 35.1 Å². The van der Waals surface area contributed by atoms with Crippen molar-refractivity contribution in [2.45, 2.75) is 56.5 Å². The number of nitrogens with zero attached hydrogens (tertiary/aromatic N) is 1. The first kappa shape index (κ1) is 12.0. The van der Waals surface area contributed by atoms with E-state index in [2.05, 4.69) is 5.32 Å². The highest BCUT2D eigenvalue weighted by Crippen LogP contribution is 2.55. The minimum atomic E-state index is -0.168. The van der Waals surface area contributed by atoms with E-state index in [9.17, 15) is 4.79 Å². The summed E-state index contributed by atoms with van der Waals surface area (Å²) in [6.45, 7) is 3.41. The van der Waals surface area contributed by atoms with Crippen LogP contribution in [0.2, 0.25) is 0 Å². The quantitative estimate of drug-likeness (QED) is 0.756. The van der Waals surface area contributed by atoms with Gasteiger partial charge < -0.3 is 16.0 Å². The van der Waals surface area contributed by atoms with Crippen LogP contribution >= 0.6 is 0 Å². The molecular weight excluding hydrogens is 238 g/mol. The van der Waals surface area contributed by atoms with Crippen molar-refractivity contribution >= 4 is 6.03 Å². The summed E-state index contributed by atoms with van der Waals surface area (Å²) in [7, 11) is 0. The van der Waals surface area contributed by atoms with Crippen LogP contribution in [0, 0.1) is 17.8 Å². The Morgan fingerprint density at radius 1 is 1.11 bits per heavy atom. The number of nitrogens with one attached hydrogen (secondary N) is 1. The fourth-order valence-electron chi connectivity index (χ4n) is 5.54. The minimum absolute atomic E-state index is 0.130. The number of rotatable bonds is 1. The second-order valence-corrected chi connectivity index (χ2v) is 8.14. The van der Waals surface area contributed by atoms with E-state index in [1.807, 2.05) is 11.8 Å². The van der Waals surface area contributed by atoms with E-state index in [0.717, 1.165) is 17.8 Å². The summed E-state index contributed by atoms with van der Waals surface area (Å²) in [6, 6.07) is 0.130. The number of carbonyl (C=O) groups is 1. The SMILES string of the molecule is CC1(N)CN(C(=O)NC23CC4CC(CC(C4)C2)C3)C1. The van der Waals surface area contributed by atoms with Crippen molar-refractivity contribution in [2.75, 3.05) is 13.1 Å². The molecule has 4 nitrogen and oxygen atoms in total. The van der Waals surface area contributed by atoms with Gasteiger partial charge in [-0.2, -0.15) is 0 Å². The molecule has 19 heavy (non-hydrogen) atoms. The first-order valence-electron chi connectivity index (χ1n) is 7.79. The molecule has 0 unspecified atom stereocenters. The number of amides is 2. The first-order chi connectivity index (χ1) is 8.93. The van der Waals surface area contributed by atoms with E-state index in [4.69, 9.17) is 5.73 Å². The van der Waals surface area contributed by atoms with E-state index in [0.29, 0.717) is 13.1 Å². The van der Waals surface area contributed by atoms with Gasteiger partial charge in [-0.1, -0.05) is 0 Å². The third kappa shape index (κ3) is 1.95. The fraction of sp³-hybridized carbons (Fsp3) is 0.933. The molecule has 0 atom stereocenters. The molecule has 1 heterocycles. The first-order valence-corrected chi connectivity index (χ1v) is 7.79. The lowest BCUT2D eigenvalue weighted by molar-refractivity contribution is -0.0186. The van der Waals surface area contributed by atoms with Crippen LogP contribution < -0.4 is 11.1 Å². The van der Waals surface area contributed by atoms with E-state index >= 15 is 0 Å². The standard InChI is InChI=1S/C15H25N3O/c1-14(16)8-18(9-14)13(19)17-15-5-10-2-11(6-15)4-12(3-10)7-15/h10-12H,2-9,16H2,1H3,(H,17,19). The molecule has 0 aromatic heterocycles. The van der Waals surface area contributed by atoms with Gasteiger partial charge in [-0.05, 0) is 63.2 Å². The predicted molar refractivity (Wildman–Crippen MR) is 73.6 cm³/mol. The molecule has 1 aliphatic heterocycles. The van der Waals surface area contributed by atoms with Gasteiger partial charge in [-0.3, -0.25) is 0 Å². The smallest absolute Gasteiger partial charge is 0.317 e. The van der Waals surface area contributed by atoms with Gasteiger partial charge in [-0.15, -0.1) is 0 Å². The topological polar surface area (TPSA) is 58.4 Å². The Bertz CT molecular complexity index is 374. The largest absolute Gasteiger partial charge is 0.333 e. The molecule has 2 amide bonds. The Morgan fingerprint density at radius 3 is 2.00 bits per heavy atom. The minimum Gasteiger partial charge on any atom is -0.333 e. The molecule has 4 heteroatoms. The zero-order chi connectivity index (χ0) is 13.3. The summed E-state index contributed by atoms with van der Waals surface area (Å²) in [6.07, 6.45) is 7.91. The van der Waals surface area contributed by atoms with Gasteiger partial charge in [-0.25, -0.2) is 4.79 Å². The van der Waals surface area contributed by atoms with Gasteiger partial charge in [0.05, 0.1) is 0 Å². The number of hydrogen-bond donors (Lipinski definition) is 2. The van der Waals surface area contributed by atoms with E-state index in [-0.39, 0.29) is 17.1 Å². The predicted octanol–water partition coefficient (Wildman–Crippen LogP) is 1.70. The molecule has 0 aromatic rings. The van der Waals surface area contributed by atoms with Gasteiger partial charge in [0.2, 0.25) is 0 Å². The molecule has 0 aromatic carbocycles. The lowest BCUT2D eigenvalue weighted by Gasteiger charge is -2.57. The molecule has 5 aliphatic rings. The van der Waals surface area contributed by atoms with Gasteiger partial charge in [0.1, 0.15) is 0 Å². The van der Waals surface area contributed by atoms with Crippen LogP contribution in [0.1, 0.15) is 45.4 Å². The molecule has 5 fully saturated rings. The Morgan fingerprint density at radius 2 is 1.58 bits per heavy atom. The van der Waals surface area contributed by atoms with Crippen molar-refractivity contribution in [3.63, 3.8) is 0 Å². The maximum atomic E-state index is 12.4. The van der Waals surface area contributed by atoms with Crippen LogP contribution in [0.25, 0.3) is 0 Å². The summed E-state index contributed by atoms with van der Waals surface area (Å²) in [4.78, 5) is 14.2. The van der Waals surface area contributed by atoms with Crippen LogP contribution in [-0.2, 0) is 0 Å².